The molecule has 1 aliphatic rings. The first-order valence-corrected chi connectivity index (χ1v) is 8.95. The van der Waals surface area contributed by atoms with E-state index < -0.39 is 11.7 Å². The van der Waals surface area contributed by atoms with E-state index in [4.69, 9.17) is 9.47 Å². The van der Waals surface area contributed by atoms with Crippen LogP contribution in [-0.4, -0.2) is 42.0 Å². The zero-order valence-electron chi connectivity index (χ0n) is 15.5. The summed E-state index contributed by atoms with van der Waals surface area (Å²) in [5, 5.41) is 12.2. The van der Waals surface area contributed by atoms with Crippen LogP contribution in [0.25, 0.3) is 0 Å². The molecule has 0 aliphatic heterocycles. The minimum absolute atomic E-state index is 0.0485. The van der Waals surface area contributed by atoms with Crippen molar-refractivity contribution in [1.29, 1.82) is 0 Å². The maximum Gasteiger partial charge on any atom is 0.407 e. The standard InChI is InChI=1S/C18H33NO5/c1-13(21)23-12-10-14-5-7-15(8-6-14)16(9-11-20)19-17(22)24-18(2,3)4/h14-16,20H,5-12H2,1-4H3,(H,19,22). The Labute approximate surface area is 145 Å². The van der Waals surface area contributed by atoms with Crippen LogP contribution in [0.4, 0.5) is 4.79 Å². The number of aliphatic hydroxyl groups excluding tert-OH is 1. The van der Waals surface area contributed by atoms with Crippen molar-refractivity contribution in [2.75, 3.05) is 13.2 Å². The molecule has 0 aromatic carbocycles. The van der Waals surface area contributed by atoms with Gasteiger partial charge in [0.15, 0.2) is 0 Å². The fourth-order valence-corrected chi connectivity index (χ4v) is 3.27. The molecule has 24 heavy (non-hydrogen) atoms. The van der Waals surface area contributed by atoms with Crippen molar-refractivity contribution in [2.24, 2.45) is 11.8 Å². The van der Waals surface area contributed by atoms with Crippen molar-refractivity contribution in [3.05, 3.63) is 0 Å². The molecular weight excluding hydrogens is 310 g/mol. The molecule has 1 fully saturated rings. The minimum atomic E-state index is -0.526. The fourth-order valence-electron chi connectivity index (χ4n) is 3.27. The van der Waals surface area contributed by atoms with Gasteiger partial charge in [0.25, 0.3) is 0 Å². The van der Waals surface area contributed by atoms with Crippen LogP contribution in [0, 0.1) is 11.8 Å². The number of ether oxygens (including phenoxy) is 2. The Morgan fingerprint density at radius 2 is 1.83 bits per heavy atom. The van der Waals surface area contributed by atoms with Gasteiger partial charge in [0, 0.05) is 19.6 Å². The molecule has 0 spiro atoms. The molecular formula is C18H33NO5. The van der Waals surface area contributed by atoms with Gasteiger partial charge in [0.2, 0.25) is 0 Å². The molecule has 1 aliphatic carbocycles. The molecule has 1 amide bonds. The molecule has 1 atom stereocenters. The van der Waals surface area contributed by atoms with E-state index in [0.29, 0.717) is 24.9 Å². The molecule has 0 aromatic rings. The average Bonchev–Trinajstić information content (AvgIpc) is 2.45. The smallest absolute Gasteiger partial charge is 0.407 e. The number of alkyl carbamates (subject to hydrolysis) is 1. The summed E-state index contributed by atoms with van der Waals surface area (Å²) in [4.78, 5) is 22.8. The molecule has 0 radical (unpaired) electrons. The molecule has 1 unspecified atom stereocenters. The Morgan fingerprint density at radius 1 is 1.21 bits per heavy atom. The van der Waals surface area contributed by atoms with E-state index >= 15 is 0 Å². The molecule has 2 N–H and O–H groups in total. The molecule has 0 saturated heterocycles. The Balaban J connectivity index is 2.42. The molecule has 6 nitrogen and oxygen atoms in total. The summed E-state index contributed by atoms with van der Waals surface area (Å²) in [5.41, 5.74) is -0.526. The highest BCUT2D eigenvalue weighted by Gasteiger charge is 2.29. The van der Waals surface area contributed by atoms with Crippen LogP contribution in [-0.2, 0) is 14.3 Å². The van der Waals surface area contributed by atoms with Gasteiger partial charge in [-0.05, 0) is 71.1 Å². The summed E-state index contributed by atoms with van der Waals surface area (Å²) in [6, 6.07) is -0.0562. The molecule has 140 valence electrons. The van der Waals surface area contributed by atoms with Crippen LogP contribution < -0.4 is 5.32 Å². The number of rotatable bonds is 7. The Morgan fingerprint density at radius 3 is 2.33 bits per heavy atom. The van der Waals surface area contributed by atoms with Crippen LogP contribution in [0.5, 0.6) is 0 Å². The zero-order valence-corrected chi connectivity index (χ0v) is 15.5. The summed E-state index contributed by atoms with van der Waals surface area (Å²) >= 11 is 0. The summed E-state index contributed by atoms with van der Waals surface area (Å²) < 4.78 is 10.3. The van der Waals surface area contributed by atoms with Crippen LogP contribution in [0.1, 0.15) is 66.2 Å². The van der Waals surface area contributed by atoms with Gasteiger partial charge in [-0.1, -0.05) is 0 Å². The summed E-state index contributed by atoms with van der Waals surface area (Å²) in [6.45, 7) is 7.47. The number of amides is 1. The molecule has 1 rings (SSSR count). The quantitative estimate of drug-likeness (QED) is 0.694. The van der Waals surface area contributed by atoms with Crippen LogP contribution in [0.15, 0.2) is 0 Å². The van der Waals surface area contributed by atoms with Crippen molar-refractivity contribution in [1.82, 2.24) is 5.32 Å². The van der Waals surface area contributed by atoms with Gasteiger partial charge in [0.1, 0.15) is 5.60 Å². The lowest BCUT2D eigenvalue weighted by atomic mass is 9.77. The molecule has 6 heteroatoms. The van der Waals surface area contributed by atoms with E-state index in [1.165, 1.54) is 6.92 Å². The van der Waals surface area contributed by atoms with Gasteiger partial charge in [-0.2, -0.15) is 0 Å². The van der Waals surface area contributed by atoms with E-state index in [9.17, 15) is 14.7 Å². The Hall–Kier alpha value is -1.30. The predicted molar refractivity (Wildman–Crippen MR) is 91.6 cm³/mol. The van der Waals surface area contributed by atoms with E-state index in [-0.39, 0.29) is 18.6 Å². The van der Waals surface area contributed by atoms with Gasteiger partial charge in [-0.25, -0.2) is 4.79 Å². The van der Waals surface area contributed by atoms with Crippen molar-refractivity contribution in [3.8, 4) is 0 Å². The van der Waals surface area contributed by atoms with E-state index in [1.54, 1.807) is 0 Å². The third-order valence-corrected chi connectivity index (χ3v) is 4.43. The number of hydrogen-bond donors (Lipinski definition) is 2. The Bertz CT molecular complexity index is 397. The molecule has 0 heterocycles. The van der Waals surface area contributed by atoms with Crippen LogP contribution >= 0.6 is 0 Å². The van der Waals surface area contributed by atoms with Gasteiger partial charge in [-0.15, -0.1) is 0 Å². The van der Waals surface area contributed by atoms with Crippen molar-refractivity contribution >= 4 is 12.1 Å². The van der Waals surface area contributed by atoms with E-state index in [0.717, 1.165) is 32.1 Å². The van der Waals surface area contributed by atoms with Crippen molar-refractivity contribution in [3.63, 3.8) is 0 Å². The number of aliphatic hydroxyl groups is 1. The number of esters is 1. The van der Waals surface area contributed by atoms with Gasteiger partial charge < -0.3 is 19.9 Å². The minimum Gasteiger partial charge on any atom is -0.466 e. The second-order valence-corrected chi connectivity index (χ2v) is 7.67. The lowest BCUT2D eigenvalue weighted by molar-refractivity contribution is -0.141. The van der Waals surface area contributed by atoms with E-state index in [2.05, 4.69) is 5.32 Å². The maximum atomic E-state index is 12.0. The third kappa shape index (κ3) is 8.52. The van der Waals surface area contributed by atoms with Crippen LogP contribution in [0.3, 0.4) is 0 Å². The lowest BCUT2D eigenvalue weighted by Gasteiger charge is -2.34. The second kappa shape index (κ2) is 9.87. The molecule has 1 saturated carbocycles. The number of hydrogen-bond acceptors (Lipinski definition) is 5. The highest BCUT2D eigenvalue weighted by atomic mass is 16.6. The van der Waals surface area contributed by atoms with Gasteiger partial charge in [0.05, 0.1) is 6.61 Å². The first-order chi connectivity index (χ1) is 11.2. The third-order valence-electron chi connectivity index (χ3n) is 4.43. The molecule has 0 bridgehead atoms. The summed E-state index contributed by atoms with van der Waals surface area (Å²) in [7, 11) is 0. The largest absolute Gasteiger partial charge is 0.466 e. The Kier molecular flexibility index (Phi) is 8.53. The van der Waals surface area contributed by atoms with Gasteiger partial charge in [-0.3, -0.25) is 4.79 Å². The first-order valence-electron chi connectivity index (χ1n) is 8.95. The summed E-state index contributed by atoms with van der Waals surface area (Å²) in [5.74, 6) is 0.694. The zero-order chi connectivity index (χ0) is 18.2. The second-order valence-electron chi connectivity index (χ2n) is 7.67. The predicted octanol–water partition coefficient (Wildman–Crippen LogP) is 3.02. The normalized spacial score (nSPS) is 22.5. The average molecular weight is 343 g/mol. The number of nitrogens with one attached hydrogen (secondary N) is 1. The fraction of sp³-hybridized carbons (Fsp3) is 0.889. The topological polar surface area (TPSA) is 84.9 Å². The summed E-state index contributed by atoms with van der Waals surface area (Å²) in [6.07, 6.45) is 5.15. The van der Waals surface area contributed by atoms with Crippen molar-refractivity contribution in [2.45, 2.75) is 77.9 Å². The number of carbonyl (C=O) groups is 2. The SMILES string of the molecule is CC(=O)OCCC1CCC(C(CCO)NC(=O)OC(C)(C)C)CC1. The van der Waals surface area contributed by atoms with E-state index in [1.807, 2.05) is 20.8 Å². The highest BCUT2D eigenvalue weighted by Crippen LogP contribution is 2.33. The number of carbonyl (C=O) groups excluding carboxylic acids is 2. The maximum absolute atomic E-state index is 12.0. The first kappa shape index (κ1) is 20.7. The van der Waals surface area contributed by atoms with Crippen LogP contribution in [0.2, 0.25) is 0 Å². The monoisotopic (exact) mass is 343 g/mol. The van der Waals surface area contributed by atoms with Crippen molar-refractivity contribution < 1.29 is 24.2 Å². The lowest BCUT2D eigenvalue weighted by Crippen LogP contribution is -2.44. The van der Waals surface area contributed by atoms with Gasteiger partial charge >= 0.3 is 12.1 Å². The highest BCUT2D eigenvalue weighted by molar-refractivity contribution is 5.68. The molecule has 0 aromatic heterocycles.